The lowest BCUT2D eigenvalue weighted by Crippen LogP contribution is -2.00. The van der Waals surface area contributed by atoms with Crippen LogP contribution in [0.25, 0.3) is 0 Å². The van der Waals surface area contributed by atoms with Gasteiger partial charge >= 0.3 is 0 Å². The standard InChI is InChI=1S/C10H15N5/c1-4-10-7-15(13-11-10)6-9-5-14(3)12-8(9)2/h5,7H,4,6H2,1-3H3. The molecule has 0 aliphatic carbocycles. The average Bonchev–Trinajstić information content (AvgIpc) is 2.75. The predicted molar refractivity (Wildman–Crippen MR) is 56.4 cm³/mol. The maximum atomic E-state index is 4.29. The summed E-state index contributed by atoms with van der Waals surface area (Å²) in [5.74, 6) is 0. The van der Waals surface area contributed by atoms with Crippen LogP contribution in [0, 0.1) is 6.92 Å². The molecular formula is C10H15N5. The molecule has 2 rings (SSSR count). The summed E-state index contributed by atoms with van der Waals surface area (Å²) in [6, 6.07) is 0. The fourth-order valence-electron chi connectivity index (χ4n) is 1.56. The molecule has 0 saturated carbocycles. The van der Waals surface area contributed by atoms with E-state index in [1.54, 1.807) is 0 Å². The van der Waals surface area contributed by atoms with Gasteiger partial charge in [-0.1, -0.05) is 12.1 Å². The Morgan fingerprint density at radius 1 is 1.33 bits per heavy atom. The van der Waals surface area contributed by atoms with Crippen molar-refractivity contribution in [3.8, 4) is 0 Å². The van der Waals surface area contributed by atoms with Crippen LogP contribution in [0.4, 0.5) is 0 Å². The van der Waals surface area contributed by atoms with Gasteiger partial charge in [-0.25, -0.2) is 4.68 Å². The molecular weight excluding hydrogens is 190 g/mol. The van der Waals surface area contributed by atoms with Gasteiger partial charge in [-0.2, -0.15) is 5.10 Å². The number of aryl methyl sites for hydroxylation is 3. The predicted octanol–water partition coefficient (Wildman–Crippen LogP) is 0.931. The zero-order chi connectivity index (χ0) is 10.8. The molecule has 0 aromatic carbocycles. The second kappa shape index (κ2) is 3.84. The molecule has 0 spiro atoms. The number of aromatic nitrogens is 5. The summed E-state index contributed by atoms with van der Waals surface area (Å²) in [7, 11) is 1.93. The van der Waals surface area contributed by atoms with E-state index in [2.05, 4.69) is 22.3 Å². The van der Waals surface area contributed by atoms with Crippen LogP contribution >= 0.6 is 0 Å². The minimum atomic E-state index is 0.743. The van der Waals surface area contributed by atoms with Crippen molar-refractivity contribution >= 4 is 0 Å². The van der Waals surface area contributed by atoms with Crippen LogP contribution in [-0.4, -0.2) is 24.8 Å². The molecule has 0 aliphatic rings. The maximum absolute atomic E-state index is 4.29. The number of hydrogen-bond acceptors (Lipinski definition) is 3. The first-order chi connectivity index (χ1) is 7.19. The number of rotatable bonds is 3. The van der Waals surface area contributed by atoms with Crippen LogP contribution < -0.4 is 0 Å². The van der Waals surface area contributed by atoms with Crippen molar-refractivity contribution in [1.82, 2.24) is 24.8 Å². The Morgan fingerprint density at radius 2 is 2.13 bits per heavy atom. The Balaban J connectivity index is 2.17. The molecule has 2 aromatic rings. The normalized spacial score (nSPS) is 10.9. The fourth-order valence-corrected chi connectivity index (χ4v) is 1.56. The molecule has 5 heteroatoms. The van der Waals surface area contributed by atoms with Crippen molar-refractivity contribution in [3.05, 3.63) is 29.3 Å². The first kappa shape index (κ1) is 9.89. The summed E-state index contributed by atoms with van der Waals surface area (Å²) in [5.41, 5.74) is 3.26. The van der Waals surface area contributed by atoms with Gasteiger partial charge in [-0.05, 0) is 13.3 Å². The molecule has 0 aliphatic heterocycles. The second-order valence-electron chi connectivity index (χ2n) is 3.67. The van der Waals surface area contributed by atoms with Gasteiger partial charge in [0.2, 0.25) is 0 Å². The van der Waals surface area contributed by atoms with Crippen LogP contribution in [0.3, 0.4) is 0 Å². The number of hydrogen-bond donors (Lipinski definition) is 0. The van der Waals surface area contributed by atoms with Gasteiger partial charge < -0.3 is 0 Å². The van der Waals surface area contributed by atoms with Gasteiger partial charge in [0.15, 0.2) is 0 Å². The van der Waals surface area contributed by atoms with E-state index >= 15 is 0 Å². The van der Waals surface area contributed by atoms with E-state index in [0.29, 0.717) is 0 Å². The summed E-state index contributed by atoms with van der Waals surface area (Å²) in [4.78, 5) is 0. The Morgan fingerprint density at radius 3 is 2.67 bits per heavy atom. The highest BCUT2D eigenvalue weighted by atomic mass is 15.4. The van der Waals surface area contributed by atoms with Crippen molar-refractivity contribution in [2.24, 2.45) is 7.05 Å². The van der Waals surface area contributed by atoms with E-state index < -0.39 is 0 Å². The lowest BCUT2D eigenvalue weighted by atomic mass is 10.2. The van der Waals surface area contributed by atoms with Gasteiger partial charge in [0.1, 0.15) is 0 Å². The highest BCUT2D eigenvalue weighted by Crippen LogP contribution is 2.06. The van der Waals surface area contributed by atoms with Gasteiger partial charge in [-0.3, -0.25) is 4.68 Å². The lowest BCUT2D eigenvalue weighted by molar-refractivity contribution is 0.647. The second-order valence-corrected chi connectivity index (χ2v) is 3.67. The molecule has 2 heterocycles. The first-order valence-corrected chi connectivity index (χ1v) is 5.07. The third kappa shape index (κ3) is 2.06. The zero-order valence-electron chi connectivity index (χ0n) is 9.30. The van der Waals surface area contributed by atoms with Gasteiger partial charge in [0, 0.05) is 25.0 Å². The van der Waals surface area contributed by atoms with E-state index in [1.807, 2.05) is 35.7 Å². The smallest absolute Gasteiger partial charge is 0.0824 e. The first-order valence-electron chi connectivity index (χ1n) is 5.07. The molecule has 0 N–H and O–H groups in total. The number of nitrogens with zero attached hydrogens (tertiary/aromatic N) is 5. The van der Waals surface area contributed by atoms with Crippen molar-refractivity contribution in [2.45, 2.75) is 26.8 Å². The maximum Gasteiger partial charge on any atom is 0.0824 e. The molecule has 0 saturated heterocycles. The monoisotopic (exact) mass is 205 g/mol. The average molecular weight is 205 g/mol. The largest absolute Gasteiger partial charge is 0.275 e. The summed E-state index contributed by atoms with van der Waals surface area (Å²) in [5, 5.41) is 12.4. The van der Waals surface area contributed by atoms with E-state index in [1.165, 1.54) is 5.56 Å². The Labute approximate surface area is 88.7 Å². The van der Waals surface area contributed by atoms with Crippen LogP contribution in [0.5, 0.6) is 0 Å². The van der Waals surface area contributed by atoms with E-state index in [4.69, 9.17) is 0 Å². The molecule has 0 amide bonds. The molecule has 0 atom stereocenters. The quantitative estimate of drug-likeness (QED) is 0.749. The minimum Gasteiger partial charge on any atom is -0.275 e. The molecule has 80 valence electrons. The summed E-state index contributed by atoms with van der Waals surface area (Å²) < 4.78 is 3.67. The Kier molecular flexibility index (Phi) is 2.53. The van der Waals surface area contributed by atoms with Crippen LogP contribution in [0.15, 0.2) is 12.4 Å². The van der Waals surface area contributed by atoms with Crippen molar-refractivity contribution in [3.63, 3.8) is 0 Å². The highest BCUT2D eigenvalue weighted by molar-refractivity contribution is 5.15. The van der Waals surface area contributed by atoms with E-state index in [-0.39, 0.29) is 0 Å². The summed E-state index contributed by atoms with van der Waals surface area (Å²) >= 11 is 0. The highest BCUT2D eigenvalue weighted by Gasteiger charge is 2.05. The van der Waals surface area contributed by atoms with Crippen molar-refractivity contribution in [1.29, 1.82) is 0 Å². The third-order valence-corrected chi connectivity index (χ3v) is 2.40. The molecule has 0 radical (unpaired) electrons. The Hall–Kier alpha value is -1.65. The molecule has 15 heavy (non-hydrogen) atoms. The van der Waals surface area contributed by atoms with Gasteiger partial charge in [-0.15, -0.1) is 5.10 Å². The third-order valence-electron chi connectivity index (χ3n) is 2.40. The van der Waals surface area contributed by atoms with Crippen molar-refractivity contribution < 1.29 is 0 Å². The molecule has 0 bridgehead atoms. The Bertz CT molecular complexity index is 454. The fraction of sp³-hybridized carbons (Fsp3) is 0.500. The van der Waals surface area contributed by atoms with Crippen molar-refractivity contribution in [2.75, 3.05) is 0 Å². The van der Waals surface area contributed by atoms with E-state index in [0.717, 1.165) is 24.4 Å². The molecule has 0 unspecified atom stereocenters. The summed E-state index contributed by atoms with van der Waals surface area (Å²) in [6.45, 7) is 4.82. The topological polar surface area (TPSA) is 48.5 Å². The van der Waals surface area contributed by atoms with Crippen LogP contribution in [-0.2, 0) is 20.0 Å². The van der Waals surface area contributed by atoms with Crippen LogP contribution in [0.1, 0.15) is 23.9 Å². The van der Waals surface area contributed by atoms with E-state index in [9.17, 15) is 0 Å². The zero-order valence-corrected chi connectivity index (χ0v) is 9.30. The minimum absolute atomic E-state index is 0.743. The molecule has 5 nitrogen and oxygen atoms in total. The summed E-state index contributed by atoms with van der Waals surface area (Å²) in [6.07, 6.45) is 4.92. The van der Waals surface area contributed by atoms with Gasteiger partial charge in [0.25, 0.3) is 0 Å². The molecule has 0 fully saturated rings. The van der Waals surface area contributed by atoms with Gasteiger partial charge in [0.05, 0.1) is 17.9 Å². The SMILES string of the molecule is CCc1cn(Cc2cn(C)nc2C)nn1. The van der Waals surface area contributed by atoms with Crippen LogP contribution in [0.2, 0.25) is 0 Å². The lowest BCUT2D eigenvalue weighted by Gasteiger charge is -1.97. The molecule has 2 aromatic heterocycles.